The monoisotopic (exact) mass is 440 g/mol. The van der Waals surface area contributed by atoms with Gasteiger partial charge in [-0.15, -0.1) is 11.3 Å². The number of aromatic nitrogens is 1. The number of carbonyl (C=O) groups is 2. The molecule has 0 bridgehead atoms. The van der Waals surface area contributed by atoms with Gasteiger partial charge in [0.1, 0.15) is 29.4 Å². The van der Waals surface area contributed by atoms with Crippen LogP contribution in [0.3, 0.4) is 0 Å². The molecule has 0 fully saturated rings. The summed E-state index contributed by atoms with van der Waals surface area (Å²) in [5.74, 6) is 1.01. The van der Waals surface area contributed by atoms with E-state index in [0.29, 0.717) is 29.4 Å². The lowest BCUT2D eigenvalue weighted by atomic mass is 10.2. The maximum atomic E-state index is 12.5. The fraction of sp³-hybridized carbons (Fsp3) is 0.261. The zero-order valence-electron chi connectivity index (χ0n) is 17.9. The molecule has 2 aromatic heterocycles. The fourth-order valence-corrected chi connectivity index (χ4v) is 3.48. The Morgan fingerprint density at radius 1 is 1.26 bits per heavy atom. The number of furan rings is 1. The molecule has 3 rings (SSSR count). The van der Waals surface area contributed by atoms with Crippen LogP contribution >= 0.6 is 11.3 Å². The number of thiazole rings is 1. The van der Waals surface area contributed by atoms with Gasteiger partial charge in [0.25, 0.3) is 0 Å². The Kier molecular flexibility index (Phi) is 7.25. The van der Waals surface area contributed by atoms with Crippen molar-refractivity contribution >= 4 is 29.3 Å². The molecule has 0 unspecified atom stereocenters. The van der Waals surface area contributed by atoms with Crippen molar-refractivity contribution < 1.29 is 23.5 Å². The zero-order chi connectivity index (χ0) is 22.4. The summed E-state index contributed by atoms with van der Waals surface area (Å²) in [6.07, 6.45) is 3.21. The predicted octanol–water partition coefficient (Wildman–Crippen LogP) is 4.39. The van der Waals surface area contributed by atoms with Crippen LogP contribution in [0.1, 0.15) is 38.1 Å². The molecule has 3 aromatic rings. The Bertz CT molecular complexity index is 1100. The summed E-state index contributed by atoms with van der Waals surface area (Å²) in [6.45, 7) is 4.27. The number of likely N-dealkylation sites (N-methyl/N-ethyl adjacent to an activating group) is 1. The summed E-state index contributed by atoms with van der Waals surface area (Å²) in [5, 5.41) is 2.98. The lowest BCUT2D eigenvalue weighted by Gasteiger charge is -2.13. The first kappa shape index (κ1) is 22.3. The Hall–Kier alpha value is -3.39. The van der Waals surface area contributed by atoms with Gasteiger partial charge in [-0.25, -0.2) is 9.78 Å². The number of carbonyl (C=O) groups excluding carboxylic acids is 2. The van der Waals surface area contributed by atoms with E-state index in [-0.39, 0.29) is 12.5 Å². The van der Waals surface area contributed by atoms with E-state index in [2.05, 4.69) is 4.98 Å². The van der Waals surface area contributed by atoms with Crippen molar-refractivity contribution in [3.05, 3.63) is 75.1 Å². The third kappa shape index (κ3) is 6.05. The van der Waals surface area contributed by atoms with Crippen LogP contribution in [-0.4, -0.2) is 35.9 Å². The quantitative estimate of drug-likeness (QED) is 0.382. The van der Waals surface area contributed by atoms with E-state index < -0.39 is 5.97 Å². The van der Waals surface area contributed by atoms with Crippen molar-refractivity contribution in [2.45, 2.75) is 27.0 Å². The zero-order valence-corrected chi connectivity index (χ0v) is 18.7. The molecule has 7 nitrogen and oxygen atoms in total. The van der Waals surface area contributed by atoms with Gasteiger partial charge in [-0.3, -0.25) is 4.79 Å². The van der Waals surface area contributed by atoms with Crippen LogP contribution in [0.4, 0.5) is 0 Å². The molecule has 2 heterocycles. The first-order valence-electron chi connectivity index (χ1n) is 9.60. The van der Waals surface area contributed by atoms with Gasteiger partial charge in [-0.1, -0.05) is 12.1 Å². The number of aryl methyl sites for hydroxylation is 2. The lowest BCUT2D eigenvalue weighted by Crippen LogP contribution is -2.23. The van der Waals surface area contributed by atoms with Crippen LogP contribution in [0, 0.1) is 13.8 Å². The number of methoxy groups -OCH3 is 1. The van der Waals surface area contributed by atoms with E-state index >= 15 is 0 Å². The molecule has 0 atom stereocenters. The highest BCUT2D eigenvalue weighted by Crippen LogP contribution is 2.19. The molecule has 0 radical (unpaired) electrons. The second-order valence-electron chi connectivity index (χ2n) is 6.92. The van der Waals surface area contributed by atoms with Crippen LogP contribution in [0.15, 0.2) is 46.2 Å². The molecule has 31 heavy (non-hydrogen) atoms. The summed E-state index contributed by atoms with van der Waals surface area (Å²) in [6, 6.07) is 9.08. The van der Waals surface area contributed by atoms with Crippen LogP contribution in [0.25, 0.3) is 6.08 Å². The summed E-state index contributed by atoms with van der Waals surface area (Å²) >= 11 is 1.59. The molecule has 0 spiro atoms. The smallest absolute Gasteiger partial charge is 0.341 e. The highest BCUT2D eigenvalue weighted by Gasteiger charge is 2.17. The van der Waals surface area contributed by atoms with Crippen LogP contribution in [-0.2, 0) is 22.7 Å². The molecule has 0 saturated heterocycles. The van der Waals surface area contributed by atoms with E-state index in [1.165, 1.54) is 18.1 Å². The molecule has 162 valence electrons. The fourth-order valence-electron chi connectivity index (χ4n) is 2.88. The van der Waals surface area contributed by atoms with Gasteiger partial charge in [0.15, 0.2) is 0 Å². The normalized spacial score (nSPS) is 11.0. The van der Waals surface area contributed by atoms with Gasteiger partial charge < -0.3 is 18.8 Å². The summed E-state index contributed by atoms with van der Waals surface area (Å²) < 4.78 is 16.1. The van der Waals surface area contributed by atoms with E-state index in [1.807, 2.05) is 36.6 Å². The molecule has 0 aliphatic rings. The summed E-state index contributed by atoms with van der Waals surface area (Å²) in [4.78, 5) is 30.0. The number of benzene rings is 1. The van der Waals surface area contributed by atoms with Crippen molar-refractivity contribution in [2.24, 2.45) is 0 Å². The number of amides is 1. The van der Waals surface area contributed by atoms with Gasteiger partial charge in [-0.2, -0.15) is 0 Å². The number of hydrogen-bond acceptors (Lipinski definition) is 7. The van der Waals surface area contributed by atoms with Gasteiger partial charge >= 0.3 is 5.97 Å². The van der Waals surface area contributed by atoms with E-state index in [9.17, 15) is 9.59 Å². The Labute approximate surface area is 184 Å². The number of rotatable bonds is 8. The second-order valence-corrected chi connectivity index (χ2v) is 7.98. The molecule has 1 aromatic carbocycles. The maximum absolute atomic E-state index is 12.5. The minimum atomic E-state index is -0.464. The van der Waals surface area contributed by atoms with E-state index in [0.717, 1.165) is 16.3 Å². The van der Waals surface area contributed by atoms with Crippen molar-refractivity contribution in [3.8, 4) is 5.75 Å². The maximum Gasteiger partial charge on any atom is 0.341 e. The van der Waals surface area contributed by atoms with E-state index in [4.69, 9.17) is 13.9 Å². The van der Waals surface area contributed by atoms with Crippen molar-refractivity contribution in [1.29, 1.82) is 0 Å². The predicted molar refractivity (Wildman–Crippen MR) is 118 cm³/mol. The van der Waals surface area contributed by atoms with Crippen molar-refractivity contribution in [1.82, 2.24) is 9.88 Å². The molecule has 0 saturated carbocycles. The Morgan fingerprint density at radius 3 is 2.77 bits per heavy atom. The average Bonchev–Trinajstić information content (AvgIpc) is 3.34. The van der Waals surface area contributed by atoms with Gasteiger partial charge in [0.2, 0.25) is 5.91 Å². The average molecular weight is 441 g/mol. The first-order valence-corrected chi connectivity index (χ1v) is 10.5. The lowest BCUT2D eigenvalue weighted by molar-refractivity contribution is -0.125. The van der Waals surface area contributed by atoms with Crippen LogP contribution in [0.2, 0.25) is 0 Å². The Balaban J connectivity index is 1.58. The molecule has 0 N–H and O–H groups in total. The van der Waals surface area contributed by atoms with Gasteiger partial charge in [0.05, 0.1) is 24.4 Å². The van der Waals surface area contributed by atoms with Crippen LogP contribution < -0.4 is 4.74 Å². The molecular weight excluding hydrogens is 416 g/mol. The van der Waals surface area contributed by atoms with Crippen molar-refractivity contribution in [2.75, 3.05) is 14.2 Å². The van der Waals surface area contributed by atoms with E-state index in [1.54, 1.807) is 37.5 Å². The van der Waals surface area contributed by atoms with Crippen LogP contribution in [0.5, 0.6) is 5.75 Å². The highest BCUT2D eigenvalue weighted by atomic mass is 32.1. The number of hydrogen-bond donors (Lipinski definition) is 0. The minimum absolute atomic E-state index is 0.196. The molecule has 8 heteroatoms. The summed E-state index contributed by atoms with van der Waals surface area (Å²) in [5.41, 5.74) is 2.10. The van der Waals surface area contributed by atoms with Gasteiger partial charge in [0, 0.05) is 18.5 Å². The standard InChI is InChI=1S/C23H24N2O5S/c1-15-21(23(27)28-4)11-20(30-15)12-25(3)22(26)9-8-17-6-5-7-19(10-17)29-13-18-14-31-16(2)24-18/h5-11,14H,12-13H2,1-4H3/b9-8+. The molecule has 0 aliphatic heterocycles. The molecule has 0 aliphatic carbocycles. The number of esters is 1. The Morgan fingerprint density at radius 2 is 2.06 bits per heavy atom. The first-order chi connectivity index (χ1) is 14.9. The molecular formula is C23H24N2O5S. The largest absolute Gasteiger partial charge is 0.487 e. The highest BCUT2D eigenvalue weighted by molar-refractivity contribution is 7.09. The second kappa shape index (κ2) is 10.1. The topological polar surface area (TPSA) is 81.9 Å². The molecule has 1 amide bonds. The minimum Gasteiger partial charge on any atom is -0.487 e. The van der Waals surface area contributed by atoms with Crippen molar-refractivity contribution in [3.63, 3.8) is 0 Å². The third-order valence-corrected chi connectivity index (χ3v) is 5.30. The van der Waals surface area contributed by atoms with Gasteiger partial charge in [-0.05, 0) is 43.7 Å². The SMILES string of the molecule is COC(=O)c1cc(CN(C)C(=O)/C=C/c2cccc(OCc3csc(C)n3)c2)oc1C. The summed E-state index contributed by atoms with van der Waals surface area (Å²) in [7, 11) is 2.98. The third-order valence-electron chi connectivity index (χ3n) is 4.47. The number of nitrogens with zero attached hydrogens (tertiary/aromatic N) is 2. The number of ether oxygens (including phenoxy) is 2.